The maximum absolute atomic E-state index is 14.2. The van der Waals surface area contributed by atoms with E-state index in [1.165, 1.54) is 9.80 Å². The van der Waals surface area contributed by atoms with E-state index in [1.807, 2.05) is 0 Å². The highest BCUT2D eigenvalue weighted by molar-refractivity contribution is 5.98. The number of rotatable bonds is 15. The number of amides is 7. The van der Waals surface area contributed by atoms with Gasteiger partial charge in [-0.25, -0.2) is 0 Å². The standard InChI is InChI=1S/C34H54F3N7O7/c1-6-41(22-25(45)38-21-27(47)42-16-10-11-17-42)26(46)20-24(30(49)43-18-12-13-19-43)39-29(48)28(23(3)4)44(7-2)31(50)33(14-8-9-15-33)40(5)32(51)34(35,36)37/h23-24,28H,6-22H2,1-5H3,(H,38,45)(H,39,48)/t24-,28?/m0/s1. The zero-order valence-electron chi connectivity index (χ0n) is 30.5. The van der Waals surface area contributed by atoms with Gasteiger partial charge in [0.1, 0.15) is 17.6 Å². The molecule has 3 rings (SSSR count). The van der Waals surface area contributed by atoms with Gasteiger partial charge in [0.25, 0.3) is 0 Å². The molecule has 0 bridgehead atoms. The van der Waals surface area contributed by atoms with Crippen molar-refractivity contribution in [1.82, 2.24) is 35.1 Å². The van der Waals surface area contributed by atoms with E-state index in [2.05, 4.69) is 10.6 Å². The second-order valence-corrected chi connectivity index (χ2v) is 14.0. The van der Waals surface area contributed by atoms with Crippen molar-refractivity contribution in [3.8, 4) is 0 Å². The van der Waals surface area contributed by atoms with Crippen molar-refractivity contribution in [3.63, 3.8) is 0 Å². The molecular weight excluding hydrogens is 675 g/mol. The summed E-state index contributed by atoms with van der Waals surface area (Å²) in [6, 6.07) is -2.61. The minimum atomic E-state index is -5.20. The molecule has 288 valence electrons. The summed E-state index contributed by atoms with van der Waals surface area (Å²) in [4.78, 5) is 99.1. The first kappa shape index (κ1) is 41.5. The Morgan fingerprint density at radius 2 is 1.37 bits per heavy atom. The maximum atomic E-state index is 14.2. The Kier molecular flexibility index (Phi) is 14.7. The average molecular weight is 730 g/mol. The normalized spacial score (nSPS) is 18.3. The molecule has 0 aromatic carbocycles. The molecule has 2 heterocycles. The van der Waals surface area contributed by atoms with E-state index < -0.39 is 71.6 Å². The van der Waals surface area contributed by atoms with Crippen molar-refractivity contribution in [2.24, 2.45) is 5.92 Å². The van der Waals surface area contributed by atoms with E-state index in [9.17, 15) is 46.7 Å². The number of carbonyl (C=O) groups excluding carboxylic acids is 7. The van der Waals surface area contributed by atoms with Crippen molar-refractivity contribution in [3.05, 3.63) is 0 Å². The summed E-state index contributed by atoms with van der Waals surface area (Å²) in [7, 11) is 0.957. The van der Waals surface area contributed by atoms with Crippen LogP contribution in [-0.2, 0) is 33.6 Å². The SMILES string of the molecule is CCN(CC(=O)NCC(=O)N1CCCC1)C(=O)C[C@H](NC(=O)C(C(C)C)N(CC)C(=O)C1(N(C)C(=O)C(F)(F)F)CCCC1)C(=O)N1CCCC1. The Morgan fingerprint density at radius 1 is 0.824 bits per heavy atom. The van der Waals surface area contributed by atoms with Gasteiger partial charge in [0.05, 0.1) is 19.5 Å². The lowest BCUT2D eigenvalue weighted by Gasteiger charge is -2.44. The molecule has 2 N–H and O–H groups in total. The first-order chi connectivity index (χ1) is 24.0. The number of nitrogens with zero attached hydrogens (tertiary/aromatic N) is 5. The van der Waals surface area contributed by atoms with E-state index in [-0.39, 0.29) is 44.9 Å². The Balaban J connectivity index is 1.81. The molecule has 3 fully saturated rings. The zero-order valence-corrected chi connectivity index (χ0v) is 30.5. The summed E-state index contributed by atoms with van der Waals surface area (Å²) in [5.74, 6) is -6.17. The molecule has 3 aliphatic rings. The molecule has 14 nitrogen and oxygen atoms in total. The maximum Gasteiger partial charge on any atom is 0.471 e. The van der Waals surface area contributed by atoms with Gasteiger partial charge in [-0.1, -0.05) is 26.7 Å². The highest BCUT2D eigenvalue weighted by Gasteiger charge is 2.55. The number of carbonyl (C=O) groups is 7. The van der Waals surface area contributed by atoms with Crippen molar-refractivity contribution >= 4 is 41.4 Å². The van der Waals surface area contributed by atoms with Crippen LogP contribution >= 0.6 is 0 Å². The van der Waals surface area contributed by atoms with Gasteiger partial charge in [-0.05, 0) is 58.3 Å². The van der Waals surface area contributed by atoms with Gasteiger partial charge < -0.3 is 35.1 Å². The first-order valence-electron chi connectivity index (χ1n) is 18.1. The molecule has 2 aliphatic heterocycles. The van der Waals surface area contributed by atoms with Crippen LogP contribution in [0.4, 0.5) is 13.2 Å². The molecule has 17 heteroatoms. The molecule has 1 unspecified atom stereocenters. The van der Waals surface area contributed by atoms with E-state index in [1.54, 1.807) is 32.6 Å². The van der Waals surface area contributed by atoms with Crippen LogP contribution < -0.4 is 10.6 Å². The van der Waals surface area contributed by atoms with Gasteiger partial charge in [-0.2, -0.15) is 13.2 Å². The number of hydrogen-bond donors (Lipinski definition) is 2. The molecule has 7 amide bonds. The topological polar surface area (TPSA) is 160 Å². The molecule has 1 saturated carbocycles. The van der Waals surface area contributed by atoms with Crippen molar-refractivity contribution in [2.45, 2.75) is 109 Å². The summed E-state index contributed by atoms with van der Waals surface area (Å²) in [6.07, 6.45) is -1.63. The van der Waals surface area contributed by atoms with Gasteiger partial charge in [0, 0.05) is 46.3 Å². The molecule has 0 spiro atoms. The zero-order chi connectivity index (χ0) is 38.1. The fraction of sp³-hybridized carbons (Fsp3) is 0.794. The van der Waals surface area contributed by atoms with Gasteiger partial charge in [-0.3, -0.25) is 33.6 Å². The number of likely N-dealkylation sites (N-methyl/N-ethyl adjacent to an activating group) is 3. The van der Waals surface area contributed by atoms with Crippen LogP contribution in [0.2, 0.25) is 0 Å². The molecule has 51 heavy (non-hydrogen) atoms. The summed E-state index contributed by atoms with van der Waals surface area (Å²) >= 11 is 0. The summed E-state index contributed by atoms with van der Waals surface area (Å²) in [6.45, 7) is 8.07. The van der Waals surface area contributed by atoms with Crippen LogP contribution in [0.25, 0.3) is 0 Å². The minimum absolute atomic E-state index is 0.00942. The van der Waals surface area contributed by atoms with E-state index in [0.717, 1.165) is 37.6 Å². The van der Waals surface area contributed by atoms with E-state index in [0.29, 0.717) is 43.9 Å². The summed E-state index contributed by atoms with van der Waals surface area (Å²) < 4.78 is 40.6. The van der Waals surface area contributed by atoms with Gasteiger partial charge in [0.2, 0.25) is 35.4 Å². The van der Waals surface area contributed by atoms with Crippen LogP contribution in [0.1, 0.15) is 85.5 Å². The lowest BCUT2D eigenvalue weighted by molar-refractivity contribution is -0.192. The Morgan fingerprint density at radius 3 is 1.86 bits per heavy atom. The third-order valence-corrected chi connectivity index (χ3v) is 10.2. The molecular formula is C34H54F3N7O7. The smallest absolute Gasteiger partial charge is 0.345 e. The molecule has 0 radical (unpaired) electrons. The average Bonchev–Trinajstić information content (AvgIpc) is 3.90. The number of nitrogens with one attached hydrogen (secondary N) is 2. The number of hydrogen-bond acceptors (Lipinski definition) is 7. The first-order valence-corrected chi connectivity index (χ1v) is 18.1. The molecule has 0 aromatic rings. The van der Waals surface area contributed by atoms with Gasteiger partial charge in [0.15, 0.2) is 0 Å². The second kappa shape index (κ2) is 18.0. The molecule has 2 saturated heterocycles. The van der Waals surface area contributed by atoms with E-state index >= 15 is 0 Å². The largest absolute Gasteiger partial charge is 0.471 e. The predicted octanol–water partition coefficient (Wildman–Crippen LogP) is 1.28. The second-order valence-electron chi connectivity index (χ2n) is 14.0. The van der Waals surface area contributed by atoms with Gasteiger partial charge in [-0.15, -0.1) is 0 Å². The monoisotopic (exact) mass is 729 g/mol. The fourth-order valence-corrected chi connectivity index (χ4v) is 7.35. The van der Waals surface area contributed by atoms with Crippen molar-refractivity contribution in [1.29, 1.82) is 0 Å². The summed E-state index contributed by atoms with van der Waals surface area (Å²) in [5, 5.41) is 5.22. The lowest BCUT2D eigenvalue weighted by atomic mass is 9.90. The van der Waals surface area contributed by atoms with Crippen LogP contribution in [0.3, 0.4) is 0 Å². The van der Waals surface area contributed by atoms with Crippen LogP contribution in [-0.4, -0.2) is 149 Å². The minimum Gasteiger partial charge on any atom is -0.345 e. The van der Waals surface area contributed by atoms with Crippen molar-refractivity contribution < 1.29 is 46.7 Å². The highest BCUT2D eigenvalue weighted by Crippen LogP contribution is 2.39. The third kappa shape index (κ3) is 10.1. The quantitative estimate of drug-likeness (QED) is 0.257. The van der Waals surface area contributed by atoms with Crippen LogP contribution in [0, 0.1) is 5.92 Å². The van der Waals surface area contributed by atoms with Crippen molar-refractivity contribution in [2.75, 3.05) is 59.4 Å². The third-order valence-electron chi connectivity index (χ3n) is 10.2. The fourth-order valence-electron chi connectivity index (χ4n) is 7.35. The van der Waals surface area contributed by atoms with Gasteiger partial charge >= 0.3 is 12.1 Å². The van der Waals surface area contributed by atoms with E-state index in [4.69, 9.17) is 0 Å². The highest BCUT2D eigenvalue weighted by atomic mass is 19.4. The lowest BCUT2D eigenvalue weighted by Crippen LogP contribution is -2.65. The number of likely N-dealkylation sites (tertiary alicyclic amines) is 2. The number of alkyl halides is 3. The summed E-state index contributed by atoms with van der Waals surface area (Å²) in [5.41, 5.74) is -1.81. The Bertz CT molecular complexity index is 1290. The molecule has 2 atom stereocenters. The Hall–Kier alpha value is -3.92. The van der Waals surface area contributed by atoms with Crippen LogP contribution in [0.15, 0.2) is 0 Å². The Labute approximate surface area is 297 Å². The predicted molar refractivity (Wildman–Crippen MR) is 179 cm³/mol. The molecule has 0 aromatic heterocycles. The number of halogens is 3. The molecule has 1 aliphatic carbocycles. The van der Waals surface area contributed by atoms with Crippen LogP contribution in [0.5, 0.6) is 0 Å².